The van der Waals surface area contributed by atoms with Crippen LogP contribution in [0.3, 0.4) is 0 Å². The molecular formula is C16H16FN3. The van der Waals surface area contributed by atoms with E-state index in [1.807, 2.05) is 30.3 Å². The molecule has 2 aromatic rings. The highest BCUT2D eigenvalue weighted by molar-refractivity contribution is 5.64. The fourth-order valence-corrected chi connectivity index (χ4v) is 3.60. The Kier molecular flexibility index (Phi) is 2.69. The number of aromatic nitrogens is 2. The van der Waals surface area contributed by atoms with Crippen LogP contribution >= 0.6 is 0 Å². The maximum atomic E-state index is 14.8. The smallest absolute Gasteiger partial charge is 0.191 e. The predicted molar refractivity (Wildman–Crippen MR) is 75.9 cm³/mol. The lowest BCUT2D eigenvalue weighted by atomic mass is 10.0. The first-order valence-electron chi connectivity index (χ1n) is 7.19. The third-order valence-electron chi connectivity index (χ3n) is 4.52. The van der Waals surface area contributed by atoms with Crippen molar-refractivity contribution < 1.29 is 4.39 Å². The fourth-order valence-electron chi connectivity index (χ4n) is 3.60. The third-order valence-corrected chi connectivity index (χ3v) is 4.52. The molecule has 0 aliphatic carbocycles. The van der Waals surface area contributed by atoms with Crippen molar-refractivity contribution in [2.45, 2.75) is 37.8 Å². The van der Waals surface area contributed by atoms with Crippen molar-refractivity contribution in [3.63, 3.8) is 0 Å². The number of hydrogen-bond acceptors (Lipinski definition) is 3. The summed E-state index contributed by atoms with van der Waals surface area (Å²) >= 11 is 0. The second-order valence-electron chi connectivity index (χ2n) is 5.60. The number of nitrogens with zero attached hydrogens (tertiary/aromatic N) is 3. The second kappa shape index (κ2) is 4.54. The molecule has 1 aromatic heterocycles. The summed E-state index contributed by atoms with van der Waals surface area (Å²) in [5, 5.41) is 0. The van der Waals surface area contributed by atoms with Crippen LogP contribution in [-0.2, 0) is 0 Å². The zero-order chi connectivity index (χ0) is 13.5. The standard InChI is InChI=1S/C16H16FN3/c17-14-15(11-4-2-1-3-5-11)18-10-19-16(14)20-12-6-7-13(20)9-8-12/h1-5,10,12-13H,6-9H2. The summed E-state index contributed by atoms with van der Waals surface area (Å²) in [6, 6.07) is 10.4. The average molecular weight is 269 g/mol. The molecule has 0 unspecified atom stereocenters. The quantitative estimate of drug-likeness (QED) is 0.836. The molecule has 3 nitrogen and oxygen atoms in total. The van der Waals surface area contributed by atoms with E-state index in [4.69, 9.17) is 0 Å². The predicted octanol–water partition coefficient (Wildman–Crippen LogP) is 3.41. The van der Waals surface area contributed by atoms with Gasteiger partial charge in [0.2, 0.25) is 0 Å². The van der Waals surface area contributed by atoms with Crippen molar-refractivity contribution in [1.82, 2.24) is 9.97 Å². The molecule has 20 heavy (non-hydrogen) atoms. The molecule has 0 atom stereocenters. The van der Waals surface area contributed by atoms with E-state index in [0.717, 1.165) is 31.2 Å². The van der Waals surface area contributed by atoms with Gasteiger partial charge < -0.3 is 4.90 Å². The molecular weight excluding hydrogens is 253 g/mol. The lowest BCUT2D eigenvalue weighted by Crippen LogP contribution is -2.30. The van der Waals surface area contributed by atoms with Gasteiger partial charge in [-0.3, -0.25) is 0 Å². The van der Waals surface area contributed by atoms with Gasteiger partial charge in [-0.1, -0.05) is 30.3 Å². The molecule has 2 aliphatic rings. The highest BCUT2D eigenvalue weighted by Gasteiger charge is 2.41. The molecule has 1 aromatic carbocycles. The maximum absolute atomic E-state index is 14.8. The molecule has 2 aliphatic heterocycles. The van der Waals surface area contributed by atoms with Crippen molar-refractivity contribution in [2.24, 2.45) is 0 Å². The molecule has 2 fully saturated rings. The van der Waals surface area contributed by atoms with Crippen LogP contribution in [0.1, 0.15) is 25.7 Å². The van der Waals surface area contributed by atoms with E-state index < -0.39 is 0 Å². The van der Waals surface area contributed by atoms with Gasteiger partial charge in [0, 0.05) is 17.6 Å². The molecule has 0 saturated carbocycles. The van der Waals surface area contributed by atoms with Gasteiger partial charge in [-0.25, -0.2) is 14.4 Å². The molecule has 0 amide bonds. The van der Waals surface area contributed by atoms with E-state index in [2.05, 4.69) is 14.9 Å². The molecule has 4 rings (SSSR count). The van der Waals surface area contributed by atoms with E-state index in [-0.39, 0.29) is 5.82 Å². The van der Waals surface area contributed by atoms with E-state index in [1.165, 1.54) is 6.33 Å². The van der Waals surface area contributed by atoms with Gasteiger partial charge in [0.05, 0.1) is 0 Å². The summed E-state index contributed by atoms with van der Waals surface area (Å²) in [6.45, 7) is 0. The highest BCUT2D eigenvalue weighted by atomic mass is 19.1. The van der Waals surface area contributed by atoms with Crippen LogP contribution in [0.5, 0.6) is 0 Å². The first-order valence-corrected chi connectivity index (χ1v) is 7.19. The number of halogens is 1. The summed E-state index contributed by atoms with van der Waals surface area (Å²) in [5.41, 5.74) is 1.21. The Morgan fingerprint density at radius 1 is 0.950 bits per heavy atom. The fraction of sp³-hybridized carbons (Fsp3) is 0.375. The van der Waals surface area contributed by atoms with E-state index in [0.29, 0.717) is 23.6 Å². The largest absolute Gasteiger partial charge is 0.348 e. The summed E-state index contributed by atoms with van der Waals surface area (Å²) in [6.07, 6.45) is 6.13. The Balaban J connectivity index is 1.79. The Hall–Kier alpha value is -1.97. The Labute approximate surface area is 117 Å². The Bertz CT molecular complexity index is 609. The summed E-state index contributed by atoms with van der Waals surface area (Å²) in [4.78, 5) is 10.5. The maximum Gasteiger partial charge on any atom is 0.191 e. The van der Waals surface area contributed by atoms with Crippen LogP contribution in [0.2, 0.25) is 0 Å². The third kappa shape index (κ3) is 1.71. The van der Waals surface area contributed by atoms with Gasteiger partial charge in [-0.15, -0.1) is 0 Å². The molecule has 2 bridgehead atoms. The van der Waals surface area contributed by atoms with Gasteiger partial charge in [0.15, 0.2) is 11.6 Å². The number of anilines is 1. The van der Waals surface area contributed by atoms with E-state index >= 15 is 0 Å². The lowest BCUT2D eigenvalue weighted by molar-refractivity contribution is 0.576. The number of benzene rings is 1. The van der Waals surface area contributed by atoms with Crippen LogP contribution < -0.4 is 4.90 Å². The number of rotatable bonds is 2. The minimum atomic E-state index is -0.280. The second-order valence-corrected chi connectivity index (χ2v) is 5.60. The van der Waals surface area contributed by atoms with Crippen LogP contribution in [-0.4, -0.2) is 22.1 Å². The SMILES string of the molecule is Fc1c(-c2ccccc2)ncnc1N1C2CCC1CC2. The van der Waals surface area contributed by atoms with Gasteiger partial charge >= 0.3 is 0 Å². The minimum Gasteiger partial charge on any atom is -0.348 e. The van der Waals surface area contributed by atoms with Gasteiger partial charge in [-0.2, -0.15) is 0 Å². The normalized spacial score (nSPS) is 24.4. The topological polar surface area (TPSA) is 29.0 Å². The summed E-state index contributed by atoms with van der Waals surface area (Å²) in [7, 11) is 0. The first-order chi connectivity index (χ1) is 9.84. The van der Waals surface area contributed by atoms with Crippen molar-refractivity contribution in [3.8, 4) is 11.3 Å². The zero-order valence-corrected chi connectivity index (χ0v) is 11.2. The van der Waals surface area contributed by atoms with Crippen LogP contribution in [0, 0.1) is 5.82 Å². The minimum absolute atomic E-state index is 0.280. The van der Waals surface area contributed by atoms with Crippen molar-refractivity contribution in [3.05, 3.63) is 42.5 Å². The van der Waals surface area contributed by atoms with Crippen molar-refractivity contribution >= 4 is 5.82 Å². The zero-order valence-electron chi connectivity index (χ0n) is 11.2. The molecule has 2 saturated heterocycles. The molecule has 4 heteroatoms. The molecule has 0 radical (unpaired) electrons. The van der Waals surface area contributed by atoms with Gasteiger partial charge in [-0.05, 0) is 25.7 Å². The van der Waals surface area contributed by atoms with Gasteiger partial charge in [0.25, 0.3) is 0 Å². The average Bonchev–Trinajstić information content (AvgIpc) is 3.08. The van der Waals surface area contributed by atoms with Crippen molar-refractivity contribution in [1.29, 1.82) is 0 Å². The summed E-state index contributed by atoms with van der Waals surface area (Å²) in [5.74, 6) is 0.210. The Morgan fingerprint density at radius 2 is 1.60 bits per heavy atom. The first kappa shape index (κ1) is 11.8. The summed E-state index contributed by atoms with van der Waals surface area (Å²) < 4.78 is 14.8. The molecule has 0 N–H and O–H groups in total. The van der Waals surface area contributed by atoms with E-state index in [9.17, 15) is 4.39 Å². The monoisotopic (exact) mass is 269 g/mol. The van der Waals surface area contributed by atoms with Crippen molar-refractivity contribution in [2.75, 3.05) is 4.90 Å². The number of hydrogen-bond donors (Lipinski definition) is 0. The lowest BCUT2D eigenvalue weighted by Gasteiger charge is -2.24. The molecule has 0 spiro atoms. The Morgan fingerprint density at radius 3 is 2.25 bits per heavy atom. The van der Waals surface area contributed by atoms with Crippen LogP contribution in [0.15, 0.2) is 36.7 Å². The van der Waals surface area contributed by atoms with Crippen LogP contribution in [0.4, 0.5) is 10.2 Å². The van der Waals surface area contributed by atoms with Gasteiger partial charge in [0.1, 0.15) is 12.0 Å². The highest BCUT2D eigenvalue weighted by Crippen LogP contribution is 2.41. The molecule has 3 heterocycles. The molecule has 102 valence electrons. The number of fused-ring (bicyclic) bond motifs is 2. The van der Waals surface area contributed by atoms with Crippen LogP contribution in [0.25, 0.3) is 11.3 Å². The van der Waals surface area contributed by atoms with E-state index in [1.54, 1.807) is 0 Å².